The molecule has 0 fully saturated rings. The molecule has 0 bridgehead atoms. The van der Waals surface area contributed by atoms with E-state index < -0.39 is 5.97 Å². The van der Waals surface area contributed by atoms with Crippen LogP contribution in [0.1, 0.15) is 20.3 Å². The van der Waals surface area contributed by atoms with Crippen LogP contribution in [0.3, 0.4) is 0 Å². The second-order valence-electron chi connectivity index (χ2n) is 3.87. The van der Waals surface area contributed by atoms with Crippen LogP contribution in [-0.4, -0.2) is 66.0 Å². The lowest BCUT2D eigenvalue weighted by Gasteiger charge is -2.18. The number of hydrogen-bond acceptors (Lipinski definition) is 5. The lowest BCUT2D eigenvalue weighted by atomic mass is 10.4. The Balaban J connectivity index is 2.65. The minimum atomic E-state index is -1.11. The zero-order valence-corrected chi connectivity index (χ0v) is 10.8. The van der Waals surface area contributed by atoms with E-state index in [1.165, 1.54) is 10.3 Å². The normalized spacial score (nSPS) is 10.6. The second-order valence-corrected chi connectivity index (χ2v) is 4.73. The molecule has 1 rings (SSSR count). The third kappa shape index (κ3) is 3.79. The standard InChI is InChI=1S/C10H15N3O3S/c1-12(2)4-5-13(3)9(14)8-11-7(6-17-8)10(15)16/h6H,4-5H2,1-3H3,(H,15,16). The van der Waals surface area contributed by atoms with Gasteiger partial charge in [-0.2, -0.15) is 0 Å². The summed E-state index contributed by atoms with van der Waals surface area (Å²) in [5.41, 5.74) is -0.0839. The van der Waals surface area contributed by atoms with Gasteiger partial charge in [-0.3, -0.25) is 4.79 Å². The predicted molar refractivity (Wildman–Crippen MR) is 64.6 cm³/mol. The van der Waals surface area contributed by atoms with Gasteiger partial charge >= 0.3 is 5.97 Å². The number of amides is 1. The molecule has 0 saturated carbocycles. The lowest BCUT2D eigenvalue weighted by Crippen LogP contribution is -2.33. The molecule has 1 aromatic rings. The Morgan fingerprint density at radius 3 is 2.47 bits per heavy atom. The Kier molecular flexibility index (Phi) is 4.59. The number of carbonyl (C=O) groups excluding carboxylic acids is 1. The van der Waals surface area contributed by atoms with E-state index in [1.54, 1.807) is 7.05 Å². The first-order chi connectivity index (χ1) is 7.91. The zero-order valence-electron chi connectivity index (χ0n) is 10.0. The first kappa shape index (κ1) is 13.6. The highest BCUT2D eigenvalue weighted by atomic mass is 32.1. The summed E-state index contributed by atoms with van der Waals surface area (Å²) < 4.78 is 0. The van der Waals surface area contributed by atoms with E-state index in [2.05, 4.69) is 4.98 Å². The number of aromatic nitrogens is 1. The van der Waals surface area contributed by atoms with Crippen LogP contribution in [-0.2, 0) is 0 Å². The third-order valence-corrected chi connectivity index (χ3v) is 2.97. The lowest BCUT2D eigenvalue weighted by molar-refractivity contribution is 0.0691. The average molecular weight is 257 g/mol. The maximum absolute atomic E-state index is 11.9. The van der Waals surface area contributed by atoms with Crippen LogP contribution in [0.4, 0.5) is 0 Å². The van der Waals surface area contributed by atoms with Crippen LogP contribution >= 0.6 is 11.3 Å². The SMILES string of the molecule is CN(C)CCN(C)C(=O)c1nc(C(=O)O)cs1. The van der Waals surface area contributed by atoms with Gasteiger partial charge in [0.05, 0.1) is 0 Å². The molecule has 0 atom stereocenters. The van der Waals surface area contributed by atoms with Gasteiger partial charge in [0.1, 0.15) is 0 Å². The Morgan fingerprint density at radius 2 is 2.00 bits per heavy atom. The molecule has 0 unspecified atom stereocenters. The number of likely N-dealkylation sites (N-methyl/N-ethyl adjacent to an activating group) is 2. The van der Waals surface area contributed by atoms with Crippen molar-refractivity contribution < 1.29 is 14.7 Å². The van der Waals surface area contributed by atoms with E-state index in [4.69, 9.17) is 5.11 Å². The molecule has 1 aromatic heterocycles. The number of nitrogens with zero attached hydrogens (tertiary/aromatic N) is 3. The molecular formula is C10H15N3O3S. The van der Waals surface area contributed by atoms with Gasteiger partial charge in [0.25, 0.3) is 5.91 Å². The van der Waals surface area contributed by atoms with Crippen molar-refractivity contribution in [1.82, 2.24) is 14.8 Å². The maximum atomic E-state index is 11.9. The molecule has 0 aliphatic rings. The molecule has 7 heteroatoms. The summed E-state index contributed by atoms with van der Waals surface area (Å²) in [5.74, 6) is -1.36. The van der Waals surface area contributed by atoms with Gasteiger partial charge in [-0.05, 0) is 14.1 Å². The molecule has 1 N–H and O–H groups in total. The van der Waals surface area contributed by atoms with Crippen LogP contribution in [0, 0.1) is 0 Å². The van der Waals surface area contributed by atoms with Crippen molar-refractivity contribution in [3.63, 3.8) is 0 Å². The fraction of sp³-hybridized carbons (Fsp3) is 0.500. The van der Waals surface area contributed by atoms with Crippen LogP contribution in [0.5, 0.6) is 0 Å². The Hall–Kier alpha value is -1.47. The largest absolute Gasteiger partial charge is 0.476 e. The number of carboxylic acids is 1. The molecule has 1 heterocycles. The summed E-state index contributed by atoms with van der Waals surface area (Å²) in [5, 5.41) is 10.3. The minimum absolute atomic E-state index is 0.0839. The van der Waals surface area contributed by atoms with Crippen molar-refractivity contribution in [2.24, 2.45) is 0 Å². The molecular weight excluding hydrogens is 242 g/mol. The van der Waals surface area contributed by atoms with Gasteiger partial charge in [0.15, 0.2) is 10.7 Å². The van der Waals surface area contributed by atoms with E-state index in [9.17, 15) is 9.59 Å². The molecule has 94 valence electrons. The minimum Gasteiger partial charge on any atom is -0.476 e. The number of hydrogen-bond donors (Lipinski definition) is 1. The highest BCUT2D eigenvalue weighted by Crippen LogP contribution is 2.11. The average Bonchev–Trinajstić information content (AvgIpc) is 2.73. The van der Waals surface area contributed by atoms with Gasteiger partial charge in [0, 0.05) is 25.5 Å². The van der Waals surface area contributed by atoms with Crippen molar-refractivity contribution >= 4 is 23.2 Å². The van der Waals surface area contributed by atoms with E-state index in [-0.39, 0.29) is 16.6 Å². The molecule has 0 saturated heterocycles. The van der Waals surface area contributed by atoms with Crippen molar-refractivity contribution in [1.29, 1.82) is 0 Å². The smallest absolute Gasteiger partial charge is 0.355 e. The number of carboxylic acid groups (broad SMARTS) is 1. The van der Waals surface area contributed by atoms with Crippen LogP contribution in [0.25, 0.3) is 0 Å². The monoisotopic (exact) mass is 257 g/mol. The second kappa shape index (κ2) is 5.74. The first-order valence-corrected chi connectivity index (χ1v) is 5.88. The fourth-order valence-corrected chi connectivity index (χ4v) is 1.87. The summed E-state index contributed by atoms with van der Waals surface area (Å²) in [6.07, 6.45) is 0. The van der Waals surface area contributed by atoms with Gasteiger partial charge in [-0.15, -0.1) is 11.3 Å². The maximum Gasteiger partial charge on any atom is 0.355 e. The number of thiazole rings is 1. The summed E-state index contributed by atoms with van der Waals surface area (Å²) in [6, 6.07) is 0. The molecule has 1 amide bonds. The third-order valence-electron chi connectivity index (χ3n) is 2.14. The highest BCUT2D eigenvalue weighted by molar-refractivity contribution is 7.11. The molecule has 0 aliphatic heterocycles. The zero-order chi connectivity index (χ0) is 13.0. The fourth-order valence-electron chi connectivity index (χ4n) is 1.09. The van der Waals surface area contributed by atoms with Gasteiger partial charge < -0.3 is 14.9 Å². The highest BCUT2D eigenvalue weighted by Gasteiger charge is 2.17. The van der Waals surface area contributed by atoms with Crippen LogP contribution < -0.4 is 0 Å². The van der Waals surface area contributed by atoms with Gasteiger partial charge in [-0.1, -0.05) is 0 Å². The molecule has 0 radical (unpaired) electrons. The number of carbonyl (C=O) groups is 2. The molecule has 0 spiro atoms. The molecule has 0 aliphatic carbocycles. The van der Waals surface area contributed by atoms with Crippen molar-refractivity contribution in [3.8, 4) is 0 Å². The summed E-state index contributed by atoms with van der Waals surface area (Å²) >= 11 is 1.05. The molecule has 6 nitrogen and oxygen atoms in total. The Bertz CT molecular complexity index is 417. The van der Waals surface area contributed by atoms with Crippen molar-refractivity contribution in [3.05, 3.63) is 16.1 Å². The van der Waals surface area contributed by atoms with Gasteiger partial charge in [0.2, 0.25) is 0 Å². The number of aromatic carboxylic acids is 1. The predicted octanol–water partition coefficient (Wildman–Crippen LogP) is 0.475. The Morgan fingerprint density at radius 1 is 1.35 bits per heavy atom. The molecule has 0 aromatic carbocycles. The van der Waals surface area contributed by atoms with Gasteiger partial charge in [-0.25, -0.2) is 9.78 Å². The summed E-state index contributed by atoms with van der Waals surface area (Å²) in [4.78, 5) is 29.8. The Labute approximate surface area is 103 Å². The topological polar surface area (TPSA) is 73.7 Å². The first-order valence-electron chi connectivity index (χ1n) is 5.01. The quantitative estimate of drug-likeness (QED) is 0.830. The summed E-state index contributed by atoms with van der Waals surface area (Å²) in [6.45, 7) is 1.33. The van der Waals surface area contributed by atoms with E-state index in [1.807, 2.05) is 19.0 Å². The van der Waals surface area contributed by atoms with Crippen LogP contribution in [0.2, 0.25) is 0 Å². The molecule has 17 heavy (non-hydrogen) atoms. The van der Waals surface area contributed by atoms with Crippen LogP contribution in [0.15, 0.2) is 5.38 Å². The van der Waals surface area contributed by atoms with Crippen molar-refractivity contribution in [2.75, 3.05) is 34.2 Å². The van der Waals surface area contributed by atoms with E-state index in [0.29, 0.717) is 6.54 Å². The van der Waals surface area contributed by atoms with E-state index in [0.717, 1.165) is 17.9 Å². The number of rotatable bonds is 5. The van der Waals surface area contributed by atoms with E-state index >= 15 is 0 Å². The summed E-state index contributed by atoms with van der Waals surface area (Å²) in [7, 11) is 5.52. The van der Waals surface area contributed by atoms with Crippen molar-refractivity contribution in [2.45, 2.75) is 0 Å².